The van der Waals surface area contributed by atoms with Gasteiger partial charge in [0.05, 0.1) is 25.4 Å². The van der Waals surface area contributed by atoms with E-state index in [4.69, 9.17) is 9.47 Å². The molecule has 1 unspecified atom stereocenters. The predicted octanol–water partition coefficient (Wildman–Crippen LogP) is 8.45. The molecule has 0 aromatic heterocycles. The quantitative estimate of drug-likeness (QED) is 0.0219. The van der Waals surface area contributed by atoms with Crippen LogP contribution in [-0.4, -0.2) is 110 Å². The van der Waals surface area contributed by atoms with Crippen LogP contribution in [0.4, 0.5) is 0 Å². The number of carbonyl (C=O) groups is 1. The van der Waals surface area contributed by atoms with Gasteiger partial charge in [0.15, 0.2) is 6.29 Å². The molecule has 0 bridgehead atoms. The van der Waals surface area contributed by atoms with Crippen LogP contribution in [0.3, 0.4) is 0 Å². The molecule has 59 heavy (non-hydrogen) atoms. The molecule has 1 rings (SSSR count). The van der Waals surface area contributed by atoms with Crippen LogP contribution in [0.2, 0.25) is 0 Å². The number of hydrogen-bond donors (Lipinski definition) is 8. The van der Waals surface area contributed by atoms with Crippen LogP contribution >= 0.6 is 0 Å². The van der Waals surface area contributed by atoms with Crippen molar-refractivity contribution in [3.05, 3.63) is 12.2 Å². The van der Waals surface area contributed by atoms with Crippen LogP contribution < -0.4 is 5.32 Å². The molecule has 11 heteroatoms. The van der Waals surface area contributed by atoms with Crippen molar-refractivity contribution < 1.29 is 50.0 Å². The van der Waals surface area contributed by atoms with Crippen molar-refractivity contribution in [3.8, 4) is 0 Å². The predicted molar refractivity (Wildman–Crippen MR) is 238 cm³/mol. The highest BCUT2D eigenvalue weighted by atomic mass is 16.7. The number of ether oxygens (including phenoxy) is 2. The standard InChI is InChI=1S/C48H93NO10/c1-3-5-7-9-11-13-15-17-18-19-20-21-22-23-24-26-28-30-32-34-36-41(52)47(57)49-39(38-58-48-46(56)45(55)44(54)42(37-50)59-48)43(53)40(51)35-33-31-29-27-25-16-14-12-10-8-6-4-2/h27,29,39-46,48,50-56H,3-26,28,30-38H2,1-2H3,(H,49,57)/b29-27-/t39-,40+,41?,42+,43-,44+,45-,46+,48+/m0/s1. The van der Waals surface area contributed by atoms with Crippen molar-refractivity contribution in [2.24, 2.45) is 0 Å². The number of hydrogen-bond acceptors (Lipinski definition) is 10. The van der Waals surface area contributed by atoms with Gasteiger partial charge in [-0.15, -0.1) is 0 Å². The highest BCUT2D eigenvalue weighted by Crippen LogP contribution is 2.23. The zero-order valence-electron chi connectivity index (χ0n) is 37.7. The molecule has 8 N–H and O–H groups in total. The Balaban J connectivity index is 2.39. The van der Waals surface area contributed by atoms with Gasteiger partial charge in [0.25, 0.3) is 0 Å². The molecule has 0 saturated carbocycles. The molecule has 1 saturated heterocycles. The summed E-state index contributed by atoms with van der Waals surface area (Å²) < 4.78 is 11.1. The highest BCUT2D eigenvalue weighted by Gasteiger charge is 2.44. The van der Waals surface area contributed by atoms with Gasteiger partial charge in [-0.05, 0) is 38.5 Å². The van der Waals surface area contributed by atoms with Gasteiger partial charge in [0.2, 0.25) is 5.91 Å². The van der Waals surface area contributed by atoms with E-state index in [2.05, 4.69) is 31.3 Å². The first kappa shape index (κ1) is 55.9. The zero-order chi connectivity index (χ0) is 43.4. The SMILES string of the molecule is CCCCCCCCC/C=C\CCC[C@@H](O)[C@@H](O)[C@H](CO[C@@H]1O[C@H](CO)[C@@H](O)[C@H](O)[C@H]1O)NC(=O)C(O)CCCCCCCCCCCCCCCCCCCCCC. The van der Waals surface area contributed by atoms with Crippen molar-refractivity contribution in [3.63, 3.8) is 0 Å². The lowest BCUT2D eigenvalue weighted by Gasteiger charge is -2.40. The fraction of sp³-hybridized carbons (Fsp3) is 0.938. The van der Waals surface area contributed by atoms with Gasteiger partial charge in [-0.2, -0.15) is 0 Å². The smallest absolute Gasteiger partial charge is 0.249 e. The third-order valence-electron chi connectivity index (χ3n) is 12.1. The van der Waals surface area contributed by atoms with Crippen LogP contribution in [0.25, 0.3) is 0 Å². The second kappa shape index (κ2) is 38.5. The molecular weight excluding hydrogens is 751 g/mol. The van der Waals surface area contributed by atoms with E-state index in [9.17, 15) is 40.5 Å². The number of allylic oxidation sites excluding steroid dienone is 2. The topological polar surface area (TPSA) is 189 Å². The average molecular weight is 844 g/mol. The van der Waals surface area contributed by atoms with E-state index in [0.29, 0.717) is 12.8 Å². The molecule has 350 valence electrons. The maximum Gasteiger partial charge on any atom is 0.249 e. The zero-order valence-corrected chi connectivity index (χ0v) is 37.7. The number of rotatable bonds is 41. The van der Waals surface area contributed by atoms with Crippen LogP contribution in [0.5, 0.6) is 0 Å². The molecule has 1 aliphatic rings. The number of amides is 1. The van der Waals surface area contributed by atoms with Crippen LogP contribution in [0, 0.1) is 0 Å². The number of aliphatic hydroxyl groups is 7. The van der Waals surface area contributed by atoms with Crippen molar-refractivity contribution >= 4 is 5.91 Å². The van der Waals surface area contributed by atoms with Gasteiger partial charge in [-0.3, -0.25) is 4.79 Å². The molecule has 1 amide bonds. The van der Waals surface area contributed by atoms with E-state index < -0.39 is 74.2 Å². The number of carbonyl (C=O) groups excluding carboxylic acids is 1. The molecule has 9 atom stereocenters. The van der Waals surface area contributed by atoms with Gasteiger partial charge >= 0.3 is 0 Å². The molecule has 1 heterocycles. The first-order valence-electron chi connectivity index (χ1n) is 24.6. The van der Waals surface area contributed by atoms with E-state index in [1.54, 1.807) is 0 Å². The van der Waals surface area contributed by atoms with Gasteiger partial charge in [0.1, 0.15) is 36.6 Å². The fourth-order valence-electron chi connectivity index (χ4n) is 7.97. The van der Waals surface area contributed by atoms with Gasteiger partial charge < -0.3 is 50.5 Å². The van der Waals surface area contributed by atoms with Crippen molar-refractivity contribution in [2.75, 3.05) is 13.2 Å². The van der Waals surface area contributed by atoms with E-state index in [1.165, 1.54) is 141 Å². The Morgan fingerprint density at radius 1 is 0.576 bits per heavy atom. The Hall–Kier alpha value is -1.15. The minimum absolute atomic E-state index is 0.259. The average Bonchev–Trinajstić information content (AvgIpc) is 3.23. The van der Waals surface area contributed by atoms with Crippen molar-refractivity contribution in [1.82, 2.24) is 5.32 Å². The first-order chi connectivity index (χ1) is 28.7. The molecular formula is C48H93NO10. The minimum Gasteiger partial charge on any atom is -0.394 e. The molecule has 1 aliphatic heterocycles. The molecule has 0 aliphatic carbocycles. The van der Waals surface area contributed by atoms with Gasteiger partial charge in [-0.25, -0.2) is 0 Å². The molecule has 0 aromatic rings. The van der Waals surface area contributed by atoms with Gasteiger partial charge in [0, 0.05) is 0 Å². The second-order valence-corrected chi connectivity index (χ2v) is 17.5. The minimum atomic E-state index is -1.66. The number of nitrogens with one attached hydrogen (secondary N) is 1. The summed E-state index contributed by atoms with van der Waals surface area (Å²) in [6.45, 7) is 3.42. The fourth-order valence-corrected chi connectivity index (χ4v) is 7.97. The number of unbranched alkanes of at least 4 members (excludes halogenated alkanes) is 27. The van der Waals surface area contributed by atoms with Crippen LogP contribution in [0.15, 0.2) is 12.2 Å². The Morgan fingerprint density at radius 2 is 1.00 bits per heavy atom. The number of aliphatic hydroxyl groups excluding tert-OH is 7. The van der Waals surface area contributed by atoms with Gasteiger partial charge in [-0.1, -0.05) is 193 Å². The van der Waals surface area contributed by atoms with Crippen LogP contribution in [0.1, 0.15) is 219 Å². The van der Waals surface area contributed by atoms with E-state index in [-0.39, 0.29) is 12.8 Å². The first-order valence-corrected chi connectivity index (χ1v) is 24.6. The third kappa shape index (κ3) is 28.2. The lowest BCUT2D eigenvalue weighted by atomic mass is 9.98. The summed E-state index contributed by atoms with van der Waals surface area (Å²) in [5.74, 6) is -0.704. The molecule has 0 aromatic carbocycles. The lowest BCUT2D eigenvalue weighted by molar-refractivity contribution is -0.303. The summed E-state index contributed by atoms with van der Waals surface area (Å²) >= 11 is 0. The van der Waals surface area contributed by atoms with E-state index in [0.717, 1.165) is 38.5 Å². The maximum absolute atomic E-state index is 13.1. The van der Waals surface area contributed by atoms with Crippen molar-refractivity contribution in [1.29, 1.82) is 0 Å². The lowest BCUT2D eigenvalue weighted by Crippen LogP contribution is -2.60. The molecule has 0 radical (unpaired) electrons. The summed E-state index contributed by atoms with van der Waals surface area (Å²) in [6, 6.07) is -1.18. The monoisotopic (exact) mass is 844 g/mol. The summed E-state index contributed by atoms with van der Waals surface area (Å²) in [7, 11) is 0. The Bertz CT molecular complexity index is 970. The van der Waals surface area contributed by atoms with E-state index >= 15 is 0 Å². The van der Waals surface area contributed by atoms with Crippen LogP contribution in [-0.2, 0) is 14.3 Å². The molecule has 1 fully saturated rings. The second-order valence-electron chi connectivity index (χ2n) is 17.5. The molecule has 11 nitrogen and oxygen atoms in total. The Labute approximate surface area is 360 Å². The maximum atomic E-state index is 13.1. The Kier molecular flexibility index (Phi) is 36.5. The summed E-state index contributed by atoms with van der Waals surface area (Å²) in [4.78, 5) is 13.1. The Morgan fingerprint density at radius 3 is 1.46 bits per heavy atom. The largest absolute Gasteiger partial charge is 0.394 e. The van der Waals surface area contributed by atoms with Crippen molar-refractivity contribution in [2.45, 2.75) is 274 Å². The summed E-state index contributed by atoms with van der Waals surface area (Å²) in [6.07, 6.45) is 29.8. The third-order valence-corrected chi connectivity index (χ3v) is 12.1. The van der Waals surface area contributed by atoms with E-state index in [1.807, 2.05) is 0 Å². The summed E-state index contributed by atoms with van der Waals surface area (Å²) in [5.41, 5.74) is 0. The highest BCUT2D eigenvalue weighted by molar-refractivity contribution is 5.80. The summed E-state index contributed by atoms with van der Waals surface area (Å²) in [5, 5.41) is 75.6. The normalized spacial score (nSPS) is 21.8. The molecule has 0 spiro atoms.